The minimum Gasteiger partial charge on any atom is -0.496 e. The predicted molar refractivity (Wildman–Crippen MR) is 94.3 cm³/mol. The first-order chi connectivity index (χ1) is 10.5. The van der Waals surface area contributed by atoms with Crippen LogP contribution in [0.3, 0.4) is 0 Å². The van der Waals surface area contributed by atoms with E-state index in [4.69, 9.17) is 22.1 Å². The molecule has 0 bridgehead atoms. The molecule has 118 valence electrons. The molecule has 22 heavy (non-hydrogen) atoms. The first-order valence-electron chi connectivity index (χ1n) is 7.35. The lowest BCUT2D eigenvalue weighted by molar-refractivity contribution is 0.408. The van der Waals surface area contributed by atoms with E-state index in [1.165, 1.54) is 11.3 Å². The zero-order valence-corrected chi connectivity index (χ0v) is 14.1. The number of hydrogen-bond donors (Lipinski definition) is 1. The van der Waals surface area contributed by atoms with E-state index < -0.39 is 0 Å². The Morgan fingerprint density at radius 3 is 2.36 bits per heavy atom. The van der Waals surface area contributed by atoms with Crippen molar-refractivity contribution in [3.8, 4) is 5.75 Å². The quantitative estimate of drug-likeness (QED) is 0.882. The highest BCUT2D eigenvalue weighted by molar-refractivity contribution is 6.30. The van der Waals surface area contributed by atoms with Crippen molar-refractivity contribution in [3.63, 3.8) is 0 Å². The number of methoxy groups -OCH3 is 1. The monoisotopic (exact) mass is 318 g/mol. The number of benzene rings is 2. The van der Waals surface area contributed by atoms with Gasteiger partial charge in [-0.1, -0.05) is 23.7 Å². The van der Waals surface area contributed by atoms with Crippen LogP contribution in [0.4, 0.5) is 5.69 Å². The van der Waals surface area contributed by atoms with Crippen molar-refractivity contribution in [1.29, 1.82) is 0 Å². The maximum atomic E-state index is 6.11. The molecule has 2 N–H and O–H groups in total. The number of halogens is 1. The van der Waals surface area contributed by atoms with Crippen LogP contribution in [0, 0.1) is 0 Å². The van der Waals surface area contributed by atoms with Crippen LogP contribution < -0.4 is 15.4 Å². The summed E-state index contributed by atoms with van der Waals surface area (Å²) in [5.41, 5.74) is 9.49. The van der Waals surface area contributed by atoms with Gasteiger partial charge in [0, 0.05) is 30.7 Å². The van der Waals surface area contributed by atoms with E-state index in [1.807, 2.05) is 32.3 Å². The Kier molecular flexibility index (Phi) is 5.69. The van der Waals surface area contributed by atoms with E-state index in [0.717, 1.165) is 22.8 Å². The number of ether oxygens (including phenoxy) is 1. The Morgan fingerprint density at radius 2 is 1.82 bits per heavy atom. The third-order valence-corrected chi connectivity index (χ3v) is 4.11. The van der Waals surface area contributed by atoms with Crippen LogP contribution >= 0.6 is 11.6 Å². The highest BCUT2D eigenvalue weighted by Crippen LogP contribution is 2.29. The summed E-state index contributed by atoms with van der Waals surface area (Å²) in [4.78, 5) is 2.08. The molecule has 0 aliphatic carbocycles. The van der Waals surface area contributed by atoms with Gasteiger partial charge in [0.2, 0.25) is 0 Å². The van der Waals surface area contributed by atoms with Crippen LogP contribution in [-0.4, -0.2) is 27.7 Å². The smallest absolute Gasteiger partial charge is 0.122 e. The molecule has 0 amide bonds. The van der Waals surface area contributed by atoms with Crippen molar-refractivity contribution in [1.82, 2.24) is 0 Å². The van der Waals surface area contributed by atoms with Crippen molar-refractivity contribution in [2.75, 3.05) is 32.6 Å². The van der Waals surface area contributed by atoms with E-state index in [2.05, 4.69) is 29.2 Å². The normalized spacial score (nSPS) is 12.0. The molecule has 2 rings (SSSR count). The zero-order valence-electron chi connectivity index (χ0n) is 13.3. The van der Waals surface area contributed by atoms with Gasteiger partial charge in [0.15, 0.2) is 0 Å². The summed E-state index contributed by atoms with van der Waals surface area (Å²) in [7, 11) is 5.74. The van der Waals surface area contributed by atoms with Crippen LogP contribution in [0.1, 0.15) is 17.0 Å². The molecule has 0 heterocycles. The Morgan fingerprint density at radius 1 is 1.14 bits per heavy atom. The van der Waals surface area contributed by atoms with E-state index in [9.17, 15) is 0 Å². The minimum atomic E-state index is 0.239. The SMILES string of the molecule is COc1ccc(Cl)cc1CC(CN)c1ccc(N(C)C)cc1. The molecule has 2 aromatic rings. The molecular formula is C18H23ClN2O. The van der Waals surface area contributed by atoms with E-state index in [1.54, 1.807) is 7.11 Å². The molecule has 0 aliphatic heterocycles. The lowest BCUT2D eigenvalue weighted by Crippen LogP contribution is -2.16. The Bertz CT molecular complexity index is 611. The summed E-state index contributed by atoms with van der Waals surface area (Å²) in [6.07, 6.45) is 0.807. The second kappa shape index (κ2) is 7.52. The molecule has 0 radical (unpaired) electrons. The molecule has 1 atom stereocenters. The summed E-state index contributed by atoms with van der Waals surface area (Å²) in [5, 5.41) is 0.717. The molecule has 0 aromatic heterocycles. The standard InChI is InChI=1S/C18H23ClN2O/c1-21(2)17-7-4-13(5-8-17)15(12-20)10-14-11-16(19)6-9-18(14)22-3/h4-9,11,15H,10,12,20H2,1-3H3. The van der Waals surface area contributed by atoms with Crippen LogP contribution in [0.5, 0.6) is 5.75 Å². The number of rotatable bonds is 6. The Balaban J connectivity index is 2.23. The maximum absolute atomic E-state index is 6.11. The topological polar surface area (TPSA) is 38.5 Å². The van der Waals surface area contributed by atoms with Gasteiger partial charge in [-0.3, -0.25) is 0 Å². The van der Waals surface area contributed by atoms with Gasteiger partial charge < -0.3 is 15.4 Å². The van der Waals surface area contributed by atoms with Gasteiger partial charge in [0.1, 0.15) is 5.75 Å². The van der Waals surface area contributed by atoms with Crippen molar-refractivity contribution in [2.24, 2.45) is 5.73 Å². The largest absolute Gasteiger partial charge is 0.496 e. The molecule has 0 saturated carbocycles. The molecule has 4 heteroatoms. The maximum Gasteiger partial charge on any atom is 0.122 e. The first kappa shape index (κ1) is 16.7. The van der Waals surface area contributed by atoms with E-state index >= 15 is 0 Å². The fourth-order valence-corrected chi connectivity index (χ4v) is 2.75. The van der Waals surface area contributed by atoms with Crippen LogP contribution in [0.15, 0.2) is 42.5 Å². The average molecular weight is 319 g/mol. The second-order valence-electron chi connectivity index (χ2n) is 5.58. The molecule has 0 spiro atoms. The van der Waals surface area contributed by atoms with Gasteiger partial charge >= 0.3 is 0 Å². The van der Waals surface area contributed by atoms with E-state index in [-0.39, 0.29) is 5.92 Å². The van der Waals surface area contributed by atoms with Crippen molar-refractivity contribution < 1.29 is 4.74 Å². The van der Waals surface area contributed by atoms with E-state index in [0.29, 0.717) is 6.54 Å². The summed E-state index contributed by atoms with van der Waals surface area (Å²) < 4.78 is 5.43. The molecule has 0 saturated heterocycles. The van der Waals surface area contributed by atoms with Crippen molar-refractivity contribution >= 4 is 17.3 Å². The number of hydrogen-bond acceptors (Lipinski definition) is 3. The van der Waals surface area contributed by atoms with Gasteiger partial charge in [0.25, 0.3) is 0 Å². The summed E-state index contributed by atoms with van der Waals surface area (Å²) in [6.45, 7) is 0.580. The third-order valence-electron chi connectivity index (χ3n) is 3.87. The highest BCUT2D eigenvalue weighted by atomic mass is 35.5. The summed E-state index contributed by atoms with van der Waals surface area (Å²) >= 11 is 6.11. The average Bonchev–Trinajstić information content (AvgIpc) is 2.53. The third kappa shape index (κ3) is 3.93. The summed E-state index contributed by atoms with van der Waals surface area (Å²) in [5.74, 6) is 1.09. The van der Waals surface area contributed by atoms with Gasteiger partial charge in [0.05, 0.1) is 7.11 Å². The molecule has 1 unspecified atom stereocenters. The lowest BCUT2D eigenvalue weighted by Gasteiger charge is -2.19. The summed E-state index contributed by atoms with van der Waals surface area (Å²) in [6, 6.07) is 14.2. The van der Waals surface area contributed by atoms with Crippen molar-refractivity contribution in [2.45, 2.75) is 12.3 Å². The Labute approximate surface area is 137 Å². The molecule has 0 aliphatic rings. The lowest BCUT2D eigenvalue weighted by atomic mass is 9.91. The highest BCUT2D eigenvalue weighted by Gasteiger charge is 2.14. The molecule has 3 nitrogen and oxygen atoms in total. The molecule has 0 fully saturated rings. The van der Waals surface area contributed by atoms with Gasteiger partial charge in [-0.25, -0.2) is 0 Å². The van der Waals surface area contributed by atoms with Crippen LogP contribution in [-0.2, 0) is 6.42 Å². The first-order valence-corrected chi connectivity index (χ1v) is 7.72. The second-order valence-corrected chi connectivity index (χ2v) is 6.02. The molecular weight excluding hydrogens is 296 g/mol. The van der Waals surface area contributed by atoms with Gasteiger partial charge in [-0.15, -0.1) is 0 Å². The fourth-order valence-electron chi connectivity index (χ4n) is 2.55. The number of anilines is 1. The molecule has 2 aromatic carbocycles. The van der Waals surface area contributed by atoms with Gasteiger partial charge in [-0.2, -0.15) is 0 Å². The zero-order chi connectivity index (χ0) is 16.1. The predicted octanol–water partition coefficient (Wildman–Crippen LogP) is 3.70. The fraction of sp³-hybridized carbons (Fsp3) is 0.333. The minimum absolute atomic E-state index is 0.239. The van der Waals surface area contributed by atoms with Gasteiger partial charge in [-0.05, 0) is 54.4 Å². The van der Waals surface area contributed by atoms with Crippen LogP contribution in [0.2, 0.25) is 5.02 Å². The van der Waals surface area contributed by atoms with Crippen LogP contribution in [0.25, 0.3) is 0 Å². The van der Waals surface area contributed by atoms with Crippen molar-refractivity contribution in [3.05, 3.63) is 58.6 Å². The Hall–Kier alpha value is -1.71. The number of nitrogens with zero attached hydrogens (tertiary/aromatic N) is 1. The number of nitrogens with two attached hydrogens (primary N) is 1.